The lowest BCUT2D eigenvalue weighted by molar-refractivity contribution is 0.0820. The fourth-order valence-corrected chi connectivity index (χ4v) is 3.11. The van der Waals surface area contributed by atoms with Crippen molar-refractivity contribution < 1.29 is 19.7 Å². The Kier molecular flexibility index (Phi) is 4.78. The summed E-state index contributed by atoms with van der Waals surface area (Å²) in [5.41, 5.74) is 2.35. The predicted octanol–water partition coefficient (Wildman–Crippen LogP) is 0.935. The SMILES string of the molecule is CCN(Cc1ccc2c(c1)OCO2)c1ncnc2c1ncn2CC(O)CO. The van der Waals surface area contributed by atoms with Crippen molar-refractivity contribution in [3.8, 4) is 11.5 Å². The van der Waals surface area contributed by atoms with Gasteiger partial charge < -0.3 is 29.2 Å². The lowest BCUT2D eigenvalue weighted by atomic mass is 10.2. The zero-order chi connectivity index (χ0) is 18.8. The van der Waals surface area contributed by atoms with Gasteiger partial charge >= 0.3 is 0 Å². The van der Waals surface area contributed by atoms with Crippen molar-refractivity contribution in [3.05, 3.63) is 36.4 Å². The third kappa shape index (κ3) is 3.38. The first-order valence-corrected chi connectivity index (χ1v) is 8.77. The molecule has 0 aliphatic carbocycles. The lowest BCUT2D eigenvalue weighted by Gasteiger charge is -2.22. The van der Waals surface area contributed by atoms with Crippen LogP contribution >= 0.6 is 0 Å². The van der Waals surface area contributed by atoms with E-state index in [0.29, 0.717) is 17.7 Å². The number of aromatic nitrogens is 4. The van der Waals surface area contributed by atoms with Crippen molar-refractivity contribution in [1.29, 1.82) is 0 Å². The number of ether oxygens (including phenoxy) is 2. The third-order valence-electron chi connectivity index (χ3n) is 4.49. The second kappa shape index (κ2) is 7.37. The van der Waals surface area contributed by atoms with Gasteiger partial charge in [0.15, 0.2) is 28.5 Å². The quantitative estimate of drug-likeness (QED) is 0.632. The number of fused-ring (bicyclic) bond motifs is 2. The van der Waals surface area contributed by atoms with Gasteiger partial charge in [-0.25, -0.2) is 15.0 Å². The summed E-state index contributed by atoms with van der Waals surface area (Å²) in [5, 5.41) is 18.8. The molecule has 3 aromatic rings. The van der Waals surface area contributed by atoms with E-state index < -0.39 is 6.10 Å². The van der Waals surface area contributed by atoms with E-state index in [1.807, 2.05) is 25.1 Å². The second-order valence-corrected chi connectivity index (χ2v) is 6.30. The predicted molar refractivity (Wildman–Crippen MR) is 97.7 cm³/mol. The molecule has 27 heavy (non-hydrogen) atoms. The normalized spacial score (nSPS) is 13.9. The Labute approximate surface area is 155 Å². The van der Waals surface area contributed by atoms with Crippen LogP contribution in [0.2, 0.25) is 0 Å². The van der Waals surface area contributed by atoms with Gasteiger partial charge in [0.1, 0.15) is 6.33 Å². The van der Waals surface area contributed by atoms with E-state index >= 15 is 0 Å². The monoisotopic (exact) mass is 371 g/mol. The van der Waals surface area contributed by atoms with Gasteiger partial charge in [-0.2, -0.15) is 0 Å². The molecule has 1 atom stereocenters. The number of hydrogen-bond donors (Lipinski definition) is 2. The molecule has 0 amide bonds. The van der Waals surface area contributed by atoms with Crippen LogP contribution in [0.3, 0.4) is 0 Å². The van der Waals surface area contributed by atoms with Crippen LogP contribution in [-0.2, 0) is 13.1 Å². The largest absolute Gasteiger partial charge is 0.454 e. The molecule has 4 rings (SSSR count). The molecule has 3 heterocycles. The maximum atomic E-state index is 9.71. The van der Waals surface area contributed by atoms with Gasteiger partial charge in [0.05, 0.1) is 25.6 Å². The van der Waals surface area contributed by atoms with Gasteiger partial charge in [0, 0.05) is 13.1 Å². The Bertz CT molecular complexity index is 945. The Balaban J connectivity index is 1.63. The van der Waals surface area contributed by atoms with Crippen molar-refractivity contribution in [2.45, 2.75) is 26.1 Å². The van der Waals surface area contributed by atoms with Crippen LogP contribution in [0.4, 0.5) is 5.82 Å². The highest BCUT2D eigenvalue weighted by atomic mass is 16.7. The Morgan fingerprint density at radius 2 is 2.07 bits per heavy atom. The van der Waals surface area contributed by atoms with Crippen molar-refractivity contribution >= 4 is 17.0 Å². The van der Waals surface area contributed by atoms with Gasteiger partial charge in [0.2, 0.25) is 6.79 Å². The molecule has 0 saturated heterocycles. The Morgan fingerprint density at radius 3 is 2.89 bits per heavy atom. The van der Waals surface area contributed by atoms with Crippen LogP contribution in [0, 0.1) is 0 Å². The smallest absolute Gasteiger partial charge is 0.231 e. The topological polar surface area (TPSA) is 106 Å². The van der Waals surface area contributed by atoms with Crippen LogP contribution in [0.1, 0.15) is 12.5 Å². The standard InChI is InChI=1S/C18H21N5O4/c1-2-22(6-12-3-4-14-15(5-12)27-11-26-14)17-16-18(20-9-19-17)23(10-21-16)7-13(25)8-24/h3-5,9-10,13,24-25H,2,6-8,11H2,1H3. The third-order valence-corrected chi connectivity index (χ3v) is 4.49. The number of nitrogens with zero attached hydrogens (tertiary/aromatic N) is 5. The minimum Gasteiger partial charge on any atom is -0.454 e. The molecule has 2 N–H and O–H groups in total. The summed E-state index contributed by atoms with van der Waals surface area (Å²) in [7, 11) is 0. The van der Waals surface area contributed by atoms with Crippen LogP contribution < -0.4 is 14.4 Å². The van der Waals surface area contributed by atoms with Gasteiger partial charge in [0.25, 0.3) is 0 Å². The molecule has 0 bridgehead atoms. The molecule has 2 aromatic heterocycles. The molecule has 1 aliphatic heterocycles. The van der Waals surface area contributed by atoms with E-state index in [1.54, 1.807) is 10.9 Å². The molecule has 1 aromatic carbocycles. The maximum absolute atomic E-state index is 9.71. The molecule has 142 valence electrons. The summed E-state index contributed by atoms with van der Waals surface area (Å²) in [4.78, 5) is 15.3. The lowest BCUT2D eigenvalue weighted by Crippen LogP contribution is -2.23. The van der Waals surface area contributed by atoms with E-state index in [-0.39, 0.29) is 19.9 Å². The average molecular weight is 371 g/mol. The highest BCUT2D eigenvalue weighted by Crippen LogP contribution is 2.33. The molecule has 0 radical (unpaired) electrons. The highest BCUT2D eigenvalue weighted by molar-refractivity contribution is 5.83. The van der Waals surface area contributed by atoms with Gasteiger partial charge in [-0.15, -0.1) is 0 Å². The van der Waals surface area contributed by atoms with E-state index in [9.17, 15) is 5.11 Å². The summed E-state index contributed by atoms with van der Waals surface area (Å²) in [6.07, 6.45) is 2.23. The summed E-state index contributed by atoms with van der Waals surface area (Å²) >= 11 is 0. The summed E-state index contributed by atoms with van der Waals surface area (Å²) in [6.45, 7) is 3.56. The Morgan fingerprint density at radius 1 is 1.22 bits per heavy atom. The maximum Gasteiger partial charge on any atom is 0.231 e. The highest BCUT2D eigenvalue weighted by Gasteiger charge is 2.18. The minimum absolute atomic E-state index is 0.220. The molecular formula is C18H21N5O4. The molecule has 1 aliphatic rings. The number of benzene rings is 1. The number of imidazole rings is 1. The fraction of sp³-hybridized carbons (Fsp3) is 0.389. The van der Waals surface area contributed by atoms with Crippen molar-refractivity contribution in [2.75, 3.05) is 24.8 Å². The van der Waals surface area contributed by atoms with E-state index in [2.05, 4.69) is 19.9 Å². The molecule has 1 unspecified atom stereocenters. The molecule has 9 heteroatoms. The minimum atomic E-state index is -0.864. The number of anilines is 1. The first-order valence-electron chi connectivity index (χ1n) is 8.77. The second-order valence-electron chi connectivity index (χ2n) is 6.30. The molecular weight excluding hydrogens is 350 g/mol. The first-order chi connectivity index (χ1) is 13.2. The summed E-state index contributed by atoms with van der Waals surface area (Å²) in [6, 6.07) is 5.89. The number of hydrogen-bond acceptors (Lipinski definition) is 8. The van der Waals surface area contributed by atoms with Crippen LogP contribution in [0.15, 0.2) is 30.9 Å². The zero-order valence-corrected chi connectivity index (χ0v) is 14.9. The summed E-state index contributed by atoms with van der Waals surface area (Å²) in [5.74, 6) is 2.23. The number of aliphatic hydroxyl groups is 2. The van der Waals surface area contributed by atoms with Crippen LogP contribution in [0.5, 0.6) is 11.5 Å². The molecule has 9 nitrogen and oxygen atoms in total. The van der Waals surface area contributed by atoms with Crippen LogP contribution in [-0.4, -0.2) is 55.8 Å². The first kappa shape index (κ1) is 17.5. The molecule has 0 saturated carbocycles. The fourth-order valence-electron chi connectivity index (χ4n) is 3.11. The van der Waals surface area contributed by atoms with E-state index in [1.165, 1.54) is 6.33 Å². The van der Waals surface area contributed by atoms with Gasteiger partial charge in [-0.1, -0.05) is 6.07 Å². The number of rotatable bonds is 7. The molecule has 0 fully saturated rings. The van der Waals surface area contributed by atoms with Crippen LogP contribution in [0.25, 0.3) is 11.2 Å². The van der Waals surface area contributed by atoms with Crippen molar-refractivity contribution in [1.82, 2.24) is 19.5 Å². The molecule has 0 spiro atoms. The zero-order valence-electron chi connectivity index (χ0n) is 14.9. The number of aliphatic hydroxyl groups excluding tert-OH is 2. The van der Waals surface area contributed by atoms with Gasteiger partial charge in [-0.05, 0) is 24.6 Å². The van der Waals surface area contributed by atoms with Crippen molar-refractivity contribution in [3.63, 3.8) is 0 Å². The van der Waals surface area contributed by atoms with E-state index in [4.69, 9.17) is 14.6 Å². The average Bonchev–Trinajstić information content (AvgIpc) is 3.32. The summed E-state index contributed by atoms with van der Waals surface area (Å²) < 4.78 is 12.5. The Hall–Kier alpha value is -2.91. The van der Waals surface area contributed by atoms with Crippen molar-refractivity contribution in [2.24, 2.45) is 0 Å². The van der Waals surface area contributed by atoms with E-state index in [0.717, 1.165) is 29.4 Å². The van der Waals surface area contributed by atoms with Gasteiger partial charge in [-0.3, -0.25) is 0 Å².